The Morgan fingerprint density at radius 3 is 2.38 bits per heavy atom. The third-order valence-electron chi connectivity index (χ3n) is 5.40. The maximum atomic E-state index is 12.5. The second kappa shape index (κ2) is 8.01. The number of thiophene rings is 1. The number of hydrogen-bond acceptors (Lipinski definition) is 5. The summed E-state index contributed by atoms with van der Waals surface area (Å²) >= 11 is 1.42. The molecule has 0 spiro atoms. The zero-order valence-electron chi connectivity index (χ0n) is 17.0. The number of aryl methyl sites for hydroxylation is 1. The summed E-state index contributed by atoms with van der Waals surface area (Å²) in [5.41, 5.74) is 4.12. The van der Waals surface area contributed by atoms with Crippen molar-refractivity contribution in [1.29, 1.82) is 0 Å². The van der Waals surface area contributed by atoms with E-state index in [4.69, 9.17) is 0 Å². The molecule has 2 N–H and O–H groups in total. The van der Waals surface area contributed by atoms with E-state index >= 15 is 0 Å². The van der Waals surface area contributed by atoms with Gasteiger partial charge in [0, 0.05) is 10.4 Å². The van der Waals surface area contributed by atoms with E-state index in [0.29, 0.717) is 16.4 Å². The van der Waals surface area contributed by atoms with Gasteiger partial charge in [-0.15, -0.1) is 16.2 Å². The molecule has 0 bridgehead atoms. The normalized spacial score (nSPS) is 16.9. The van der Waals surface area contributed by atoms with Crippen LogP contribution in [-0.2, 0) is 22.9 Å². The van der Waals surface area contributed by atoms with Crippen LogP contribution in [0.2, 0.25) is 0 Å². The van der Waals surface area contributed by atoms with Gasteiger partial charge in [-0.1, -0.05) is 32.9 Å². The second-order valence-electron chi connectivity index (χ2n) is 8.50. The van der Waals surface area contributed by atoms with Crippen LogP contribution in [0.3, 0.4) is 0 Å². The summed E-state index contributed by atoms with van der Waals surface area (Å²) in [7, 11) is -3.92. The van der Waals surface area contributed by atoms with Gasteiger partial charge in [0.2, 0.25) is 0 Å². The monoisotopic (exact) mass is 434 g/mol. The van der Waals surface area contributed by atoms with E-state index in [0.717, 1.165) is 19.3 Å². The summed E-state index contributed by atoms with van der Waals surface area (Å²) < 4.78 is 24.8. The minimum absolute atomic E-state index is 0.0266. The fourth-order valence-electron chi connectivity index (χ4n) is 3.48. The summed E-state index contributed by atoms with van der Waals surface area (Å²) in [5, 5.41) is 0. The molecule has 1 unspecified atom stereocenters. The Balaban J connectivity index is 1.67. The molecule has 0 saturated heterocycles. The van der Waals surface area contributed by atoms with E-state index in [-0.39, 0.29) is 16.1 Å². The Kier molecular flexibility index (Phi) is 5.98. The van der Waals surface area contributed by atoms with Crippen molar-refractivity contribution in [2.75, 3.05) is 0 Å². The van der Waals surface area contributed by atoms with Crippen molar-refractivity contribution in [3.8, 4) is 0 Å². The first-order chi connectivity index (χ1) is 13.5. The molecule has 3 rings (SSSR count). The Hall–Kier alpha value is -2.03. The quantitative estimate of drug-likeness (QED) is 0.554. The zero-order valence-corrected chi connectivity index (χ0v) is 18.7. The minimum Gasteiger partial charge on any atom is -0.295 e. The van der Waals surface area contributed by atoms with Crippen LogP contribution in [0, 0.1) is 11.3 Å². The standard InChI is InChI=1S/C21H26N2O4S2/c1-13(24)14-5-8-17(9-6-14)29(26,27)23-22-20(25)19-12-15-11-16(21(2,3)4)7-10-18(15)28-19/h5-6,8-9,12,16,23H,7,10-11H2,1-4H3,(H,22,25). The molecule has 1 aromatic heterocycles. The van der Waals surface area contributed by atoms with E-state index in [1.54, 1.807) is 0 Å². The highest BCUT2D eigenvalue weighted by molar-refractivity contribution is 7.89. The van der Waals surface area contributed by atoms with Crippen molar-refractivity contribution in [2.45, 2.75) is 51.9 Å². The molecule has 6 nitrogen and oxygen atoms in total. The van der Waals surface area contributed by atoms with E-state index in [1.165, 1.54) is 53.0 Å². The molecule has 156 valence electrons. The minimum atomic E-state index is -3.92. The molecular weight excluding hydrogens is 408 g/mol. The van der Waals surface area contributed by atoms with Gasteiger partial charge in [0.1, 0.15) is 0 Å². The number of amides is 1. The highest BCUT2D eigenvalue weighted by atomic mass is 32.2. The molecule has 1 heterocycles. The van der Waals surface area contributed by atoms with E-state index in [1.807, 2.05) is 6.07 Å². The number of carbonyl (C=O) groups is 2. The lowest BCUT2D eigenvalue weighted by molar-refractivity contribution is 0.0948. The summed E-state index contributed by atoms with van der Waals surface area (Å²) in [6, 6.07) is 7.43. The van der Waals surface area contributed by atoms with Crippen LogP contribution >= 0.6 is 11.3 Å². The van der Waals surface area contributed by atoms with Crippen molar-refractivity contribution in [3.05, 3.63) is 51.2 Å². The van der Waals surface area contributed by atoms with Crippen molar-refractivity contribution in [1.82, 2.24) is 10.3 Å². The number of benzene rings is 1. The zero-order chi connectivity index (χ0) is 21.4. The topological polar surface area (TPSA) is 92.3 Å². The largest absolute Gasteiger partial charge is 0.295 e. The number of carbonyl (C=O) groups excluding carboxylic acids is 2. The van der Waals surface area contributed by atoms with Crippen molar-refractivity contribution in [2.24, 2.45) is 11.3 Å². The lowest BCUT2D eigenvalue weighted by Crippen LogP contribution is -2.41. The Bertz CT molecular complexity index is 1030. The van der Waals surface area contributed by atoms with Crippen LogP contribution < -0.4 is 10.3 Å². The fraction of sp³-hybridized carbons (Fsp3) is 0.429. The van der Waals surface area contributed by atoms with Gasteiger partial charge in [-0.3, -0.25) is 15.0 Å². The Morgan fingerprint density at radius 2 is 1.79 bits per heavy atom. The fourth-order valence-corrected chi connectivity index (χ4v) is 5.42. The molecule has 1 amide bonds. The second-order valence-corrected chi connectivity index (χ2v) is 11.3. The number of ketones is 1. The number of sulfonamides is 1. The summed E-state index contributed by atoms with van der Waals surface area (Å²) in [6.07, 6.45) is 2.99. The van der Waals surface area contributed by atoms with Gasteiger partial charge < -0.3 is 0 Å². The SMILES string of the molecule is CC(=O)c1ccc(S(=O)(=O)NNC(=O)c2cc3c(s2)CCC(C(C)(C)C)C3)cc1. The Morgan fingerprint density at radius 1 is 1.14 bits per heavy atom. The van der Waals surface area contributed by atoms with Gasteiger partial charge in [0.05, 0.1) is 9.77 Å². The van der Waals surface area contributed by atoms with Crippen molar-refractivity contribution < 1.29 is 18.0 Å². The number of hydrazine groups is 1. The predicted molar refractivity (Wildman–Crippen MR) is 114 cm³/mol. The van der Waals surface area contributed by atoms with Gasteiger partial charge in [-0.05, 0) is 61.3 Å². The highest BCUT2D eigenvalue weighted by Gasteiger charge is 2.30. The summed E-state index contributed by atoms with van der Waals surface area (Å²) in [5.74, 6) is -0.0526. The number of hydrogen-bond donors (Lipinski definition) is 2. The molecule has 0 radical (unpaired) electrons. The molecular formula is C21H26N2O4S2. The number of rotatable bonds is 5. The van der Waals surface area contributed by atoms with Gasteiger partial charge in [0.15, 0.2) is 5.78 Å². The molecule has 0 fully saturated rings. The van der Waals surface area contributed by atoms with Crippen LogP contribution in [0.4, 0.5) is 0 Å². The van der Waals surface area contributed by atoms with Crippen LogP contribution in [0.25, 0.3) is 0 Å². The molecule has 29 heavy (non-hydrogen) atoms. The molecule has 0 aliphatic heterocycles. The first-order valence-corrected chi connectivity index (χ1v) is 11.8. The van der Waals surface area contributed by atoms with E-state index < -0.39 is 15.9 Å². The van der Waals surface area contributed by atoms with Gasteiger partial charge in [-0.25, -0.2) is 8.42 Å². The maximum Gasteiger partial charge on any atom is 0.276 e. The lowest BCUT2D eigenvalue weighted by atomic mass is 9.72. The van der Waals surface area contributed by atoms with Crippen molar-refractivity contribution in [3.63, 3.8) is 0 Å². The predicted octanol–water partition coefficient (Wildman–Crippen LogP) is 3.73. The molecule has 0 saturated carbocycles. The van der Waals surface area contributed by atoms with Gasteiger partial charge in [0.25, 0.3) is 15.9 Å². The van der Waals surface area contributed by atoms with E-state index in [9.17, 15) is 18.0 Å². The van der Waals surface area contributed by atoms with Crippen molar-refractivity contribution >= 4 is 33.1 Å². The van der Waals surface area contributed by atoms with Gasteiger partial charge in [-0.2, -0.15) is 0 Å². The Labute approximate surface area is 175 Å². The third kappa shape index (κ3) is 4.94. The maximum absolute atomic E-state index is 12.5. The van der Waals surface area contributed by atoms with Crippen LogP contribution in [-0.4, -0.2) is 20.1 Å². The first kappa shape index (κ1) is 21.7. The smallest absolute Gasteiger partial charge is 0.276 e. The van der Waals surface area contributed by atoms with Crippen LogP contribution in [0.1, 0.15) is 64.6 Å². The average Bonchev–Trinajstić information content (AvgIpc) is 3.09. The summed E-state index contributed by atoms with van der Waals surface area (Å²) in [4.78, 5) is 27.6. The van der Waals surface area contributed by atoms with Crippen LogP contribution in [0.5, 0.6) is 0 Å². The molecule has 8 heteroatoms. The number of Topliss-reactive ketones (excluding diaryl/α,β-unsaturated/α-hetero) is 1. The lowest BCUT2D eigenvalue weighted by Gasteiger charge is -2.33. The average molecular weight is 435 g/mol. The number of nitrogens with one attached hydrogen (secondary N) is 2. The third-order valence-corrected chi connectivity index (χ3v) is 7.90. The first-order valence-electron chi connectivity index (χ1n) is 9.52. The number of fused-ring (bicyclic) bond motifs is 1. The molecule has 1 aromatic carbocycles. The molecule has 1 atom stereocenters. The summed E-state index contributed by atoms with van der Waals surface area (Å²) in [6.45, 7) is 8.12. The molecule has 2 aromatic rings. The van der Waals surface area contributed by atoms with Crippen LogP contribution in [0.15, 0.2) is 35.2 Å². The highest BCUT2D eigenvalue weighted by Crippen LogP contribution is 2.40. The molecule has 1 aliphatic carbocycles. The van der Waals surface area contributed by atoms with E-state index in [2.05, 4.69) is 31.0 Å². The molecule has 1 aliphatic rings. The van der Waals surface area contributed by atoms with Gasteiger partial charge >= 0.3 is 0 Å².